The second-order valence-corrected chi connectivity index (χ2v) is 6.49. The summed E-state index contributed by atoms with van der Waals surface area (Å²) in [6, 6.07) is 0. The molecular weight excluding hydrogens is 242 g/mol. The van der Waals surface area contributed by atoms with Gasteiger partial charge in [0, 0.05) is 19.7 Å². The van der Waals surface area contributed by atoms with Gasteiger partial charge in [-0.05, 0) is 50.3 Å². The Hall–Kier alpha value is 0.270. The molecule has 1 saturated carbocycles. The van der Waals surface area contributed by atoms with E-state index >= 15 is 0 Å². The highest BCUT2D eigenvalue weighted by atomic mass is 32.1. The van der Waals surface area contributed by atoms with Crippen LogP contribution in [0.5, 0.6) is 0 Å². The summed E-state index contributed by atoms with van der Waals surface area (Å²) in [7, 11) is 0. The van der Waals surface area contributed by atoms with Gasteiger partial charge in [-0.15, -0.1) is 0 Å². The Morgan fingerprint density at radius 1 is 1.22 bits per heavy atom. The van der Waals surface area contributed by atoms with Crippen molar-refractivity contribution < 1.29 is 4.74 Å². The summed E-state index contributed by atoms with van der Waals surface area (Å²) in [5.74, 6) is 1.06. The molecule has 0 radical (unpaired) electrons. The summed E-state index contributed by atoms with van der Waals surface area (Å²) in [5.41, 5.74) is 0.496. The summed E-state index contributed by atoms with van der Waals surface area (Å²) in [6.45, 7) is 6.62. The van der Waals surface area contributed by atoms with Crippen LogP contribution in [0.15, 0.2) is 0 Å². The molecule has 0 aromatic rings. The zero-order valence-electron chi connectivity index (χ0n) is 11.9. The lowest BCUT2D eigenvalue weighted by atomic mass is 9.75. The fraction of sp³-hybridized carbons (Fsp3) is 1.00. The van der Waals surface area contributed by atoms with Gasteiger partial charge in [-0.1, -0.05) is 19.3 Å². The molecule has 2 nitrogen and oxygen atoms in total. The SMILES string of the molecule is CCOC1CCCN(CC2(CS)CCCCC2)C1. The predicted octanol–water partition coefficient (Wildman–Crippen LogP) is 3.37. The lowest BCUT2D eigenvalue weighted by Gasteiger charge is -2.42. The molecule has 0 bridgehead atoms. The largest absolute Gasteiger partial charge is 0.377 e. The van der Waals surface area contributed by atoms with E-state index in [1.165, 1.54) is 58.0 Å². The summed E-state index contributed by atoms with van der Waals surface area (Å²) < 4.78 is 5.81. The molecule has 2 fully saturated rings. The third kappa shape index (κ3) is 3.88. The van der Waals surface area contributed by atoms with Crippen molar-refractivity contribution in [3.63, 3.8) is 0 Å². The molecule has 2 rings (SSSR count). The number of nitrogens with zero attached hydrogens (tertiary/aromatic N) is 1. The van der Waals surface area contributed by atoms with Gasteiger partial charge in [0.15, 0.2) is 0 Å². The number of ether oxygens (including phenoxy) is 1. The standard InChI is InChI=1S/C15H29NOS/c1-2-17-14-7-6-10-16(11-14)12-15(13-18)8-4-3-5-9-15/h14,18H,2-13H2,1H3. The van der Waals surface area contributed by atoms with Gasteiger partial charge in [-0.3, -0.25) is 0 Å². The first-order valence-corrected chi connectivity index (χ1v) is 8.36. The van der Waals surface area contributed by atoms with E-state index in [9.17, 15) is 0 Å². The van der Waals surface area contributed by atoms with Gasteiger partial charge in [0.25, 0.3) is 0 Å². The predicted molar refractivity (Wildman–Crippen MR) is 80.5 cm³/mol. The first kappa shape index (κ1) is 14.7. The van der Waals surface area contributed by atoms with Crippen LogP contribution < -0.4 is 0 Å². The monoisotopic (exact) mass is 271 g/mol. The maximum atomic E-state index is 5.81. The smallest absolute Gasteiger partial charge is 0.0702 e. The third-order valence-corrected chi connectivity index (χ3v) is 5.34. The van der Waals surface area contributed by atoms with Crippen LogP contribution in [-0.4, -0.2) is 43.0 Å². The van der Waals surface area contributed by atoms with Gasteiger partial charge in [-0.25, -0.2) is 0 Å². The molecular formula is C15H29NOS. The molecule has 3 heteroatoms. The molecule has 1 aliphatic heterocycles. The van der Waals surface area contributed by atoms with Crippen molar-refractivity contribution in [1.29, 1.82) is 0 Å². The Bertz CT molecular complexity index is 239. The van der Waals surface area contributed by atoms with E-state index in [1.54, 1.807) is 0 Å². The fourth-order valence-electron chi connectivity index (χ4n) is 3.67. The van der Waals surface area contributed by atoms with Crippen LogP contribution in [0, 0.1) is 5.41 Å². The lowest BCUT2D eigenvalue weighted by Crippen LogP contribution is -2.46. The van der Waals surface area contributed by atoms with Crippen LogP contribution in [0.1, 0.15) is 51.9 Å². The van der Waals surface area contributed by atoms with Crippen molar-refractivity contribution >= 4 is 12.6 Å². The van der Waals surface area contributed by atoms with E-state index in [1.807, 2.05) is 0 Å². The average molecular weight is 271 g/mol. The molecule has 18 heavy (non-hydrogen) atoms. The molecule has 0 aromatic heterocycles. The summed E-state index contributed by atoms with van der Waals surface area (Å²) >= 11 is 4.65. The van der Waals surface area contributed by atoms with Crippen molar-refractivity contribution in [3.05, 3.63) is 0 Å². The maximum Gasteiger partial charge on any atom is 0.0702 e. The maximum absolute atomic E-state index is 5.81. The van der Waals surface area contributed by atoms with Crippen LogP contribution >= 0.6 is 12.6 Å². The van der Waals surface area contributed by atoms with E-state index in [0.717, 1.165) is 18.9 Å². The Balaban J connectivity index is 1.86. The molecule has 1 atom stereocenters. The average Bonchev–Trinajstić information content (AvgIpc) is 2.41. The zero-order chi connectivity index (χ0) is 12.8. The molecule has 106 valence electrons. The Labute approximate surface area is 118 Å². The van der Waals surface area contributed by atoms with Crippen LogP contribution in [0.2, 0.25) is 0 Å². The van der Waals surface area contributed by atoms with E-state index in [4.69, 9.17) is 4.74 Å². The van der Waals surface area contributed by atoms with Gasteiger partial charge in [0.1, 0.15) is 0 Å². The Morgan fingerprint density at radius 3 is 2.67 bits per heavy atom. The summed E-state index contributed by atoms with van der Waals surface area (Å²) in [6.07, 6.45) is 10.0. The molecule has 2 aliphatic rings. The fourth-order valence-corrected chi connectivity index (χ4v) is 4.09. The highest BCUT2D eigenvalue weighted by molar-refractivity contribution is 7.80. The molecule has 0 amide bonds. The number of likely N-dealkylation sites (tertiary alicyclic amines) is 1. The highest BCUT2D eigenvalue weighted by Crippen LogP contribution is 2.38. The second-order valence-electron chi connectivity index (χ2n) is 6.17. The first-order chi connectivity index (χ1) is 8.78. The van der Waals surface area contributed by atoms with E-state index in [-0.39, 0.29) is 0 Å². The van der Waals surface area contributed by atoms with Gasteiger partial charge >= 0.3 is 0 Å². The topological polar surface area (TPSA) is 12.5 Å². The van der Waals surface area contributed by atoms with Crippen molar-refractivity contribution in [2.75, 3.05) is 32.0 Å². The van der Waals surface area contributed by atoms with Crippen molar-refractivity contribution in [2.24, 2.45) is 5.41 Å². The zero-order valence-corrected chi connectivity index (χ0v) is 12.8. The minimum Gasteiger partial charge on any atom is -0.377 e. The van der Waals surface area contributed by atoms with Crippen molar-refractivity contribution in [1.82, 2.24) is 4.90 Å². The second kappa shape index (κ2) is 7.16. The van der Waals surface area contributed by atoms with Gasteiger partial charge in [-0.2, -0.15) is 12.6 Å². The first-order valence-electron chi connectivity index (χ1n) is 7.73. The number of piperidine rings is 1. The normalized spacial score (nSPS) is 29.3. The van der Waals surface area contributed by atoms with Crippen LogP contribution in [0.25, 0.3) is 0 Å². The molecule has 1 aliphatic carbocycles. The van der Waals surface area contributed by atoms with Crippen molar-refractivity contribution in [3.8, 4) is 0 Å². The molecule has 0 aromatic carbocycles. The van der Waals surface area contributed by atoms with Gasteiger partial charge < -0.3 is 9.64 Å². The number of hydrogen-bond donors (Lipinski definition) is 1. The Kier molecular flexibility index (Phi) is 5.84. The Morgan fingerprint density at radius 2 is 2.00 bits per heavy atom. The molecule has 1 heterocycles. The van der Waals surface area contributed by atoms with Crippen LogP contribution in [0.3, 0.4) is 0 Å². The van der Waals surface area contributed by atoms with Gasteiger partial charge in [0.05, 0.1) is 6.10 Å². The molecule has 1 saturated heterocycles. The van der Waals surface area contributed by atoms with Crippen LogP contribution in [0.4, 0.5) is 0 Å². The molecule has 1 unspecified atom stereocenters. The summed E-state index contributed by atoms with van der Waals surface area (Å²) in [4.78, 5) is 2.64. The number of rotatable bonds is 5. The quantitative estimate of drug-likeness (QED) is 0.770. The summed E-state index contributed by atoms with van der Waals surface area (Å²) in [5, 5.41) is 0. The van der Waals surface area contributed by atoms with Crippen molar-refractivity contribution in [2.45, 2.75) is 58.0 Å². The van der Waals surface area contributed by atoms with Crippen LogP contribution in [-0.2, 0) is 4.74 Å². The van der Waals surface area contributed by atoms with E-state index in [0.29, 0.717) is 11.5 Å². The number of thiol groups is 1. The minimum atomic E-state index is 0.476. The van der Waals surface area contributed by atoms with Gasteiger partial charge in [0.2, 0.25) is 0 Å². The molecule has 0 spiro atoms. The van der Waals surface area contributed by atoms with E-state index in [2.05, 4.69) is 24.5 Å². The number of hydrogen-bond acceptors (Lipinski definition) is 3. The third-order valence-electron chi connectivity index (χ3n) is 4.67. The highest BCUT2D eigenvalue weighted by Gasteiger charge is 2.34. The lowest BCUT2D eigenvalue weighted by molar-refractivity contribution is -0.00851. The molecule has 0 N–H and O–H groups in total. The minimum absolute atomic E-state index is 0.476. The van der Waals surface area contributed by atoms with E-state index < -0.39 is 0 Å².